The van der Waals surface area contributed by atoms with Crippen molar-refractivity contribution >= 4 is 52.0 Å². The number of methoxy groups -OCH3 is 2. The number of nitrogens with zero attached hydrogens (tertiary/aromatic N) is 1. The van der Waals surface area contributed by atoms with Crippen molar-refractivity contribution in [2.45, 2.75) is 0 Å². The van der Waals surface area contributed by atoms with Crippen molar-refractivity contribution in [3.8, 4) is 23.0 Å². The van der Waals surface area contributed by atoms with Crippen molar-refractivity contribution in [2.75, 3.05) is 19.5 Å². The maximum absolute atomic E-state index is 12.4. The molecule has 0 spiro atoms. The maximum Gasteiger partial charge on any atom is 0.248 e. The third-order valence-corrected chi connectivity index (χ3v) is 5.21. The second-order valence-electron chi connectivity index (χ2n) is 6.76. The zero-order valence-corrected chi connectivity index (χ0v) is 18.7. The topological polar surface area (TPSA) is 73.6 Å². The number of fused-ring (bicyclic) bond motifs is 1. The van der Waals surface area contributed by atoms with E-state index in [1.165, 1.54) is 6.08 Å². The van der Waals surface area contributed by atoms with Crippen LogP contribution >= 0.6 is 23.2 Å². The van der Waals surface area contributed by atoms with E-state index in [4.69, 9.17) is 37.1 Å². The van der Waals surface area contributed by atoms with Crippen LogP contribution in [0, 0.1) is 0 Å². The van der Waals surface area contributed by atoms with Gasteiger partial charge in [-0.1, -0.05) is 29.3 Å². The van der Waals surface area contributed by atoms with E-state index in [0.717, 1.165) is 5.56 Å². The first-order valence-electron chi connectivity index (χ1n) is 9.54. The SMILES string of the molecule is COc1ccc(/C=C/C(=O)Nc2ccc3oc(-c4cc(Cl)ccc4Cl)nc3c2)cc1OC. The van der Waals surface area contributed by atoms with Gasteiger partial charge in [-0.25, -0.2) is 4.98 Å². The minimum Gasteiger partial charge on any atom is -0.493 e. The molecule has 3 aromatic carbocycles. The number of hydrogen-bond donors (Lipinski definition) is 1. The first-order valence-corrected chi connectivity index (χ1v) is 10.3. The van der Waals surface area contributed by atoms with Crippen LogP contribution in [0.4, 0.5) is 5.69 Å². The number of carbonyl (C=O) groups is 1. The number of halogens is 2. The van der Waals surface area contributed by atoms with Gasteiger partial charge in [-0.2, -0.15) is 0 Å². The predicted molar refractivity (Wildman–Crippen MR) is 127 cm³/mol. The number of aromatic nitrogens is 1. The molecule has 1 N–H and O–H groups in total. The van der Waals surface area contributed by atoms with Crippen LogP contribution in [0.2, 0.25) is 10.0 Å². The lowest BCUT2D eigenvalue weighted by atomic mass is 10.2. The van der Waals surface area contributed by atoms with E-state index in [9.17, 15) is 4.79 Å². The Hall–Kier alpha value is -3.48. The third kappa shape index (κ3) is 4.72. The second kappa shape index (κ2) is 9.34. The predicted octanol–water partition coefficient (Wildman–Crippen LogP) is 6.47. The van der Waals surface area contributed by atoms with Crippen LogP contribution in [0.5, 0.6) is 11.5 Å². The molecular weight excluding hydrogens is 451 g/mol. The molecule has 8 heteroatoms. The van der Waals surface area contributed by atoms with Gasteiger partial charge in [-0.3, -0.25) is 4.79 Å². The van der Waals surface area contributed by atoms with Gasteiger partial charge in [0, 0.05) is 16.8 Å². The number of oxazole rings is 1. The average molecular weight is 469 g/mol. The normalized spacial score (nSPS) is 11.1. The Morgan fingerprint density at radius 3 is 2.59 bits per heavy atom. The summed E-state index contributed by atoms with van der Waals surface area (Å²) in [5.74, 6) is 1.26. The molecule has 4 aromatic rings. The van der Waals surface area contributed by atoms with E-state index in [2.05, 4.69) is 10.3 Å². The van der Waals surface area contributed by atoms with Crippen LogP contribution in [0.25, 0.3) is 28.6 Å². The lowest BCUT2D eigenvalue weighted by Gasteiger charge is -2.07. The van der Waals surface area contributed by atoms with Gasteiger partial charge in [0.15, 0.2) is 17.1 Å². The fourth-order valence-electron chi connectivity index (χ4n) is 3.09. The van der Waals surface area contributed by atoms with Gasteiger partial charge in [0.1, 0.15) is 5.52 Å². The zero-order valence-electron chi connectivity index (χ0n) is 17.2. The Balaban J connectivity index is 1.51. The number of ether oxygens (including phenoxy) is 2. The molecule has 0 saturated carbocycles. The summed E-state index contributed by atoms with van der Waals surface area (Å²) in [6, 6.07) is 15.7. The molecule has 0 aliphatic carbocycles. The molecule has 0 unspecified atom stereocenters. The van der Waals surface area contributed by atoms with Gasteiger partial charge >= 0.3 is 0 Å². The van der Waals surface area contributed by atoms with Crippen LogP contribution in [0.1, 0.15) is 5.56 Å². The number of hydrogen-bond acceptors (Lipinski definition) is 5. The Bertz CT molecular complexity index is 1330. The molecule has 32 heavy (non-hydrogen) atoms. The monoisotopic (exact) mass is 468 g/mol. The number of nitrogens with one attached hydrogen (secondary N) is 1. The molecule has 1 aromatic heterocycles. The minimum absolute atomic E-state index is 0.291. The van der Waals surface area contributed by atoms with E-state index in [-0.39, 0.29) is 5.91 Å². The highest BCUT2D eigenvalue weighted by atomic mass is 35.5. The minimum atomic E-state index is -0.291. The van der Waals surface area contributed by atoms with Crippen molar-refractivity contribution < 1.29 is 18.7 Å². The maximum atomic E-state index is 12.4. The first-order chi connectivity index (χ1) is 15.5. The molecule has 0 bridgehead atoms. The highest BCUT2D eigenvalue weighted by molar-refractivity contribution is 6.35. The van der Waals surface area contributed by atoms with Gasteiger partial charge in [0.05, 0.1) is 24.8 Å². The molecule has 0 fully saturated rings. The highest BCUT2D eigenvalue weighted by Crippen LogP contribution is 2.33. The Morgan fingerprint density at radius 1 is 1.00 bits per heavy atom. The molecule has 0 saturated heterocycles. The fraction of sp³-hybridized carbons (Fsp3) is 0.0833. The summed E-state index contributed by atoms with van der Waals surface area (Å²) in [6.45, 7) is 0. The number of carbonyl (C=O) groups excluding carboxylic acids is 1. The van der Waals surface area contributed by atoms with Crippen molar-refractivity contribution in [3.05, 3.63) is 76.3 Å². The summed E-state index contributed by atoms with van der Waals surface area (Å²) in [7, 11) is 3.13. The summed E-state index contributed by atoms with van der Waals surface area (Å²) in [5.41, 5.74) is 3.12. The standard InChI is InChI=1S/C24H18Cl2N2O4/c1-30-21-8-3-14(11-22(21)31-2)4-10-23(29)27-16-6-9-20-19(13-16)28-24(32-20)17-12-15(25)5-7-18(17)26/h3-13H,1-2H3,(H,27,29)/b10-4+. The van der Waals surface area contributed by atoms with Gasteiger partial charge < -0.3 is 19.2 Å². The van der Waals surface area contributed by atoms with Gasteiger partial charge in [0.2, 0.25) is 11.8 Å². The number of amides is 1. The van der Waals surface area contributed by atoms with Crippen molar-refractivity contribution in [1.29, 1.82) is 0 Å². The molecule has 1 heterocycles. The number of anilines is 1. The van der Waals surface area contributed by atoms with Crippen molar-refractivity contribution in [3.63, 3.8) is 0 Å². The molecule has 0 aliphatic heterocycles. The average Bonchev–Trinajstić information content (AvgIpc) is 3.22. The lowest BCUT2D eigenvalue weighted by molar-refractivity contribution is -0.111. The molecular formula is C24H18Cl2N2O4. The first kappa shape index (κ1) is 21.7. The smallest absolute Gasteiger partial charge is 0.248 e. The lowest BCUT2D eigenvalue weighted by Crippen LogP contribution is -2.07. The molecule has 0 atom stereocenters. The largest absolute Gasteiger partial charge is 0.493 e. The summed E-state index contributed by atoms with van der Waals surface area (Å²) in [6.07, 6.45) is 3.12. The number of benzene rings is 3. The van der Waals surface area contributed by atoms with Crippen molar-refractivity contribution in [1.82, 2.24) is 4.98 Å². The Kier molecular flexibility index (Phi) is 6.35. The molecule has 0 aliphatic rings. The molecule has 162 valence electrons. The third-order valence-electron chi connectivity index (χ3n) is 4.65. The van der Waals surface area contributed by atoms with Gasteiger partial charge in [0.25, 0.3) is 0 Å². The van der Waals surface area contributed by atoms with E-state index in [1.54, 1.807) is 68.8 Å². The van der Waals surface area contributed by atoms with E-state index in [0.29, 0.717) is 49.8 Å². The zero-order chi connectivity index (χ0) is 22.7. The van der Waals surface area contributed by atoms with E-state index >= 15 is 0 Å². The second-order valence-corrected chi connectivity index (χ2v) is 7.61. The summed E-state index contributed by atoms with van der Waals surface area (Å²) in [4.78, 5) is 16.9. The molecule has 0 radical (unpaired) electrons. The van der Waals surface area contributed by atoms with Crippen LogP contribution in [-0.4, -0.2) is 25.1 Å². The van der Waals surface area contributed by atoms with Crippen LogP contribution in [-0.2, 0) is 4.79 Å². The highest BCUT2D eigenvalue weighted by Gasteiger charge is 2.13. The van der Waals surface area contributed by atoms with Crippen LogP contribution < -0.4 is 14.8 Å². The summed E-state index contributed by atoms with van der Waals surface area (Å²) >= 11 is 12.3. The summed E-state index contributed by atoms with van der Waals surface area (Å²) < 4.78 is 16.3. The van der Waals surface area contributed by atoms with Crippen molar-refractivity contribution in [2.24, 2.45) is 0 Å². The Labute approximate surface area is 194 Å². The molecule has 6 nitrogen and oxygen atoms in total. The van der Waals surface area contributed by atoms with Crippen LogP contribution in [0.15, 0.2) is 65.1 Å². The van der Waals surface area contributed by atoms with Gasteiger partial charge in [-0.15, -0.1) is 0 Å². The quantitative estimate of drug-likeness (QED) is 0.328. The molecule has 1 amide bonds. The van der Waals surface area contributed by atoms with E-state index in [1.807, 2.05) is 6.07 Å². The number of rotatable bonds is 6. The fourth-order valence-corrected chi connectivity index (χ4v) is 3.46. The van der Waals surface area contributed by atoms with Crippen LogP contribution in [0.3, 0.4) is 0 Å². The van der Waals surface area contributed by atoms with E-state index < -0.39 is 0 Å². The van der Waals surface area contributed by atoms with Gasteiger partial charge in [-0.05, 0) is 60.2 Å². The molecule has 4 rings (SSSR count). The summed E-state index contributed by atoms with van der Waals surface area (Å²) in [5, 5.41) is 3.82. The Morgan fingerprint density at radius 2 is 1.81 bits per heavy atom.